The molecule has 142 valence electrons. The van der Waals surface area contributed by atoms with Crippen LogP contribution in [0.25, 0.3) is 0 Å². The van der Waals surface area contributed by atoms with E-state index in [4.69, 9.17) is 4.74 Å². The molecule has 1 spiro atoms. The molecule has 1 aliphatic carbocycles. The summed E-state index contributed by atoms with van der Waals surface area (Å²) in [5, 5.41) is 3.13. The van der Waals surface area contributed by atoms with Crippen molar-refractivity contribution < 1.29 is 14.3 Å². The van der Waals surface area contributed by atoms with Crippen LogP contribution in [-0.2, 0) is 9.53 Å². The number of nitrogens with zero attached hydrogens (tertiary/aromatic N) is 1. The van der Waals surface area contributed by atoms with E-state index in [2.05, 4.69) is 19.2 Å². The molecule has 1 aromatic carbocycles. The fourth-order valence-corrected chi connectivity index (χ4v) is 4.58. The van der Waals surface area contributed by atoms with Gasteiger partial charge in [-0.25, -0.2) is 0 Å². The van der Waals surface area contributed by atoms with Crippen LogP contribution in [0.3, 0.4) is 0 Å². The highest BCUT2D eigenvalue weighted by atomic mass is 16.5. The van der Waals surface area contributed by atoms with Gasteiger partial charge < -0.3 is 15.0 Å². The Kier molecular flexibility index (Phi) is 5.66. The van der Waals surface area contributed by atoms with Crippen molar-refractivity contribution >= 4 is 11.8 Å². The van der Waals surface area contributed by atoms with Gasteiger partial charge in [-0.1, -0.05) is 44.9 Å². The number of amides is 2. The Labute approximate surface area is 156 Å². The van der Waals surface area contributed by atoms with Crippen LogP contribution in [0.5, 0.6) is 0 Å². The van der Waals surface area contributed by atoms with Gasteiger partial charge in [-0.15, -0.1) is 0 Å². The van der Waals surface area contributed by atoms with Crippen LogP contribution < -0.4 is 5.32 Å². The summed E-state index contributed by atoms with van der Waals surface area (Å²) in [7, 11) is 1.65. The van der Waals surface area contributed by atoms with Crippen molar-refractivity contribution in [1.29, 1.82) is 0 Å². The lowest BCUT2D eigenvalue weighted by molar-refractivity contribution is -0.126. The monoisotopic (exact) mass is 358 g/mol. The molecule has 1 atom stereocenters. The lowest BCUT2D eigenvalue weighted by Crippen LogP contribution is -2.61. The van der Waals surface area contributed by atoms with E-state index in [1.54, 1.807) is 7.11 Å². The van der Waals surface area contributed by atoms with E-state index < -0.39 is 5.54 Å². The Morgan fingerprint density at radius 2 is 2.00 bits per heavy atom. The molecule has 0 aromatic heterocycles. The number of carbonyl (C=O) groups is 2. The van der Waals surface area contributed by atoms with Crippen LogP contribution in [0.2, 0.25) is 0 Å². The second-order valence-corrected chi connectivity index (χ2v) is 7.92. The third kappa shape index (κ3) is 3.25. The van der Waals surface area contributed by atoms with Gasteiger partial charge in [-0.2, -0.15) is 0 Å². The molecule has 3 rings (SSSR count). The number of hydrogen-bond donors (Lipinski definition) is 1. The molecule has 1 heterocycles. The fraction of sp³-hybridized carbons (Fsp3) is 0.619. The number of benzene rings is 1. The molecule has 5 nitrogen and oxygen atoms in total. The van der Waals surface area contributed by atoms with Crippen molar-refractivity contribution in [2.45, 2.75) is 51.0 Å². The van der Waals surface area contributed by atoms with Gasteiger partial charge in [0.05, 0.1) is 18.1 Å². The van der Waals surface area contributed by atoms with Gasteiger partial charge >= 0.3 is 0 Å². The third-order valence-electron chi connectivity index (χ3n) is 5.76. The summed E-state index contributed by atoms with van der Waals surface area (Å²) in [5.74, 6) is 0.161. The molecular formula is C21H30N2O3. The van der Waals surface area contributed by atoms with Gasteiger partial charge in [-0.05, 0) is 30.4 Å². The van der Waals surface area contributed by atoms with E-state index in [1.807, 2.05) is 29.2 Å². The Morgan fingerprint density at radius 3 is 2.65 bits per heavy atom. The molecule has 1 fully saturated rings. The number of carbonyl (C=O) groups excluding carboxylic acids is 2. The molecule has 1 saturated carbocycles. The normalized spacial score (nSPS) is 21.3. The first-order valence-corrected chi connectivity index (χ1v) is 9.69. The molecule has 0 radical (unpaired) electrons. The minimum absolute atomic E-state index is 0.0347. The maximum atomic E-state index is 13.3. The molecule has 0 saturated heterocycles. The first-order valence-electron chi connectivity index (χ1n) is 9.69. The summed E-state index contributed by atoms with van der Waals surface area (Å²) in [5.41, 5.74) is 1.12. The van der Waals surface area contributed by atoms with Gasteiger partial charge in [0.25, 0.3) is 5.91 Å². The summed E-state index contributed by atoms with van der Waals surface area (Å²) >= 11 is 0. The largest absolute Gasteiger partial charge is 0.383 e. The van der Waals surface area contributed by atoms with Crippen molar-refractivity contribution in [1.82, 2.24) is 10.2 Å². The number of fused-ring (bicyclic) bond motifs is 1. The van der Waals surface area contributed by atoms with Crippen molar-refractivity contribution in [2.24, 2.45) is 5.92 Å². The Hall–Kier alpha value is -1.88. The van der Waals surface area contributed by atoms with Crippen LogP contribution >= 0.6 is 0 Å². The molecule has 26 heavy (non-hydrogen) atoms. The molecule has 5 heteroatoms. The van der Waals surface area contributed by atoms with Crippen LogP contribution in [0.15, 0.2) is 24.3 Å². The Morgan fingerprint density at radius 1 is 1.31 bits per heavy atom. The second kappa shape index (κ2) is 7.78. The molecule has 1 N–H and O–H groups in total. The summed E-state index contributed by atoms with van der Waals surface area (Å²) in [4.78, 5) is 28.5. The average Bonchev–Trinajstić information content (AvgIpc) is 3.10. The van der Waals surface area contributed by atoms with E-state index in [9.17, 15) is 9.59 Å². The fourth-order valence-electron chi connectivity index (χ4n) is 4.58. The SMILES string of the molecule is COCCN1C(=O)c2ccccc2C(C(=O)NCC(C)C)C12CCCC2. The number of nitrogens with one attached hydrogen (secondary N) is 1. The molecule has 1 aliphatic heterocycles. The molecule has 0 bridgehead atoms. The van der Waals surface area contributed by atoms with Gasteiger partial charge in [0.1, 0.15) is 0 Å². The van der Waals surface area contributed by atoms with Crippen molar-refractivity contribution in [3.8, 4) is 0 Å². The van der Waals surface area contributed by atoms with Crippen LogP contribution in [-0.4, -0.2) is 49.1 Å². The molecule has 2 amide bonds. The number of methoxy groups -OCH3 is 1. The van der Waals surface area contributed by atoms with Gasteiger partial charge in [0.2, 0.25) is 5.91 Å². The lowest BCUT2D eigenvalue weighted by atomic mass is 9.71. The Bertz CT molecular complexity index is 665. The number of hydrogen-bond acceptors (Lipinski definition) is 3. The topological polar surface area (TPSA) is 58.6 Å². The summed E-state index contributed by atoms with van der Waals surface area (Å²) < 4.78 is 5.26. The third-order valence-corrected chi connectivity index (χ3v) is 5.76. The summed E-state index contributed by atoms with van der Waals surface area (Å²) in [6.45, 7) is 5.84. The summed E-state index contributed by atoms with van der Waals surface area (Å²) in [6.07, 6.45) is 3.84. The number of ether oxygens (including phenoxy) is 1. The first kappa shape index (κ1) is 18.9. The van der Waals surface area contributed by atoms with Gasteiger partial charge in [-0.3, -0.25) is 9.59 Å². The van der Waals surface area contributed by atoms with Gasteiger partial charge in [0, 0.05) is 25.8 Å². The smallest absolute Gasteiger partial charge is 0.254 e. The molecule has 1 aromatic rings. The minimum Gasteiger partial charge on any atom is -0.383 e. The zero-order valence-corrected chi connectivity index (χ0v) is 16.1. The van der Waals surface area contributed by atoms with Crippen LogP contribution in [0.4, 0.5) is 0 Å². The number of rotatable bonds is 6. The maximum Gasteiger partial charge on any atom is 0.254 e. The van der Waals surface area contributed by atoms with E-state index in [-0.39, 0.29) is 17.7 Å². The molecule has 2 aliphatic rings. The minimum atomic E-state index is -0.426. The predicted molar refractivity (Wildman–Crippen MR) is 101 cm³/mol. The van der Waals surface area contributed by atoms with Crippen molar-refractivity contribution in [2.75, 3.05) is 26.8 Å². The van der Waals surface area contributed by atoms with Crippen LogP contribution in [0.1, 0.15) is 61.4 Å². The quantitative estimate of drug-likeness (QED) is 0.850. The lowest BCUT2D eigenvalue weighted by Gasteiger charge is -2.50. The standard InChI is InChI=1S/C21H30N2O3/c1-15(2)14-22-19(24)18-16-8-4-5-9-17(16)20(25)23(12-13-26-3)21(18)10-6-7-11-21/h4-5,8-9,15,18H,6-7,10-14H2,1-3H3,(H,22,24). The Balaban J connectivity index is 2.06. The zero-order valence-electron chi connectivity index (χ0n) is 16.1. The van der Waals surface area contributed by atoms with E-state index in [1.165, 1.54) is 0 Å². The highest BCUT2D eigenvalue weighted by molar-refractivity contribution is 6.02. The first-order chi connectivity index (χ1) is 12.5. The van der Waals surface area contributed by atoms with Crippen molar-refractivity contribution in [3.63, 3.8) is 0 Å². The van der Waals surface area contributed by atoms with Gasteiger partial charge in [0.15, 0.2) is 0 Å². The van der Waals surface area contributed by atoms with E-state index >= 15 is 0 Å². The van der Waals surface area contributed by atoms with Crippen LogP contribution in [0, 0.1) is 5.92 Å². The average molecular weight is 358 g/mol. The highest BCUT2D eigenvalue weighted by Gasteiger charge is 2.55. The summed E-state index contributed by atoms with van der Waals surface area (Å²) in [6, 6.07) is 7.62. The van der Waals surface area contributed by atoms with E-state index in [0.717, 1.165) is 31.2 Å². The molecular weight excluding hydrogens is 328 g/mol. The van der Waals surface area contributed by atoms with Crippen molar-refractivity contribution in [3.05, 3.63) is 35.4 Å². The second-order valence-electron chi connectivity index (χ2n) is 7.92. The zero-order chi connectivity index (χ0) is 18.7. The predicted octanol–water partition coefficient (Wildman–Crippen LogP) is 2.96. The van der Waals surface area contributed by atoms with E-state index in [0.29, 0.717) is 31.2 Å². The molecule has 1 unspecified atom stereocenters. The maximum absolute atomic E-state index is 13.3. The highest BCUT2D eigenvalue weighted by Crippen LogP contribution is 2.50.